The van der Waals surface area contributed by atoms with Crippen molar-refractivity contribution in [2.75, 3.05) is 6.61 Å². The molecule has 64 valence electrons. The van der Waals surface area contributed by atoms with Crippen LogP contribution in [-0.4, -0.2) is 39.5 Å². The number of thiol groups is 2. The van der Waals surface area contributed by atoms with E-state index in [9.17, 15) is 4.79 Å². The maximum atomic E-state index is 10.6. The van der Waals surface area contributed by atoms with Crippen molar-refractivity contribution in [3.63, 3.8) is 0 Å². The Balaban J connectivity index is -0.000000135. The Hall–Kier alpha value is 0.736. The van der Waals surface area contributed by atoms with E-state index < -0.39 is 6.09 Å². The molecule has 0 aromatic carbocycles. The molecule has 11 heavy (non-hydrogen) atoms. The molecule has 0 atom stereocenters. The van der Waals surface area contributed by atoms with Crippen LogP contribution in [0.1, 0.15) is 16.7 Å². The molecule has 0 heterocycles. The van der Waals surface area contributed by atoms with Gasteiger partial charge in [-0.3, -0.25) is 0 Å². The summed E-state index contributed by atoms with van der Waals surface area (Å²) in [5, 5.41) is 0. The van der Waals surface area contributed by atoms with Crippen molar-refractivity contribution in [1.29, 1.82) is 0 Å². The van der Waals surface area contributed by atoms with Gasteiger partial charge in [0.1, 0.15) is 0 Å². The van der Waals surface area contributed by atoms with Gasteiger partial charge in [-0.25, -0.2) is 4.79 Å². The van der Waals surface area contributed by atoms with Crippen LogP contribution in [0.2, 0.25) is 0 Å². The topological polar surface area (TPSA) is 29.5 Å². The van der Waals surface area contributed by atoms with Crippen molar-refractivity contribution >= 4 is 54.8 Å². The molecule has 0 aliphatic carbocycles. The number of nitrogens with zero attached hydrogens (tertiary/aromatic N) is 1. The summed E-state index contributed by atoms with van der Waals surface area (Å²) in [5.74, 6) is 0.338. The average molecular weight is 208 g/mol. The summed E-state index contributed by atoms with van der Waals surface area (Å²) in [6.45, 7) is 4.31. The quantitative estimate of drug-likeness (QED) is 0.532. The standard InChI is InChI=1S/C5H11NO2S2.Mg.2H/c1-4(2)3-8-5(7)6(9)10;;;/h4,9-10H,3H2,1-2H3;;;/q;+2;2*-1. The monoisotopic (exact) mass is 207 g/mol. The van der Waals surface area contributed by atoms with Crippen LogP contribution >= 0.6 is 25.6 Å². The third-order valence-corrected chi connectivity index (χ3v) is 1.03. The third-order valence-electron chi connectivity index (χ3n) is 0.703. The smallest absolute Gasteiger partial charge is 1.00 e. The largest absolute Gasteiger partial charge is 2.00 e. The first-order chi connectivity index (χ1) is 4.54. The van der Waals surface area contributed by atoms with E-state index in [4.69, 9.17) is 4.74 Å². The zero-order valence-electron chi connectivity index (χ0n) is 8.65. The summed E-state index contributed by atoms with van der Waals surface area (Å²) in [7, 11) is 0. The molecule has 0 spiro atoms. The van der Waals surface area contributed by atoms with Gasteiger partial charge in [0, 0.05) is 0 Å². The van der Waals surface area contributed by atoms with Gasteiger partial charge >= 0.3 is 29.1 Å². The molecule has 0 N–H and O–H groups in total. The third kappa shape index (κ3) is 8.64. The second-order valence-electron chi connectivity index (χ2n) is 2.26. The first kappa shape index (κ1) is 14.3. The van der Waals surface area contributed by atoms with Crippen molar-refractivity contribution < 1.29 is 12.4 Å². The Kier molecular flexibility index (Phi) is 9.59. The van der Waals surface area contributed by atoms with Gasteiger partial charge < -0.3 is 7.59 Å². The van der Waals surface area contributed by atoms with Crippen LogP contribution in [0.15, 0.2) is 0 Å². The maximum Gasteiger partial charge on any atom is 2.00 e. The van der Waals surface area contributed by atoms with Crippen LogP contribution in [0.5, 0.6) is 0 Å². The van der Waals surface area contributed by atoms with Crippen molar-refractivity contribution in [3.8, 4) is 0 Å². The molecule has 0 rings (SSSR count). The van der Waals surface area contributed by atoms with Gasteiger partial charge in [-0.05, 0) is 31.5 Å². The molecule has 0 saturated carbocycles. The van der Waals surface area contributed by atoms with Crippen LogP contribution in [0.25, 0.3) is 0 Å². The molecule has 0 aliphatic rings. The number of rotatable bonds is 2. The summed E-state index contributed by atoms with van der Waals surface area (Å²) in [6.07, 6.45) is -0.541. The minimum absolute atomic E-state index is 0. The summed E-state index contributed by atoms with van der Waals surface area (Å²) >= 11 is 7.24. The molecule has 3 nitrogen and oxygen atoms in total. The molecule has 0 fully saturated rings. The minimum atomic E-state index is -0.541. The zero-order chi connectivity index (χ0) is 8.15. The van der Waals surface area contributed by atoms with Crippen LogP contribution in [0.3, 0.4) is 0 Å². The van der Waals surface area contributed by atoms with Gasteiger partial charge in [0.15, 0.2) is 0 Å². The van der Waals surface area contributed by atoms with E-state index in [-0.39, 0.29) is 25.9 Å². The fourth-order valence-corrected chi connectivity index (χ4v) is 0.411. The first-order valence-electron chi connectivity index (χ1n) is 2.88. The van der Waals surface area contributed by atoms with E-state index in [1.165, 1.54) is 0 Å². The number of hydrogen-bond acceptors (Lipinski definition) is 4. The van der Waals surface area contributed by atoms with Gasteiger partial charge in [-0.15, -0.1) is 0 Å². The molecule has 0 aromatic heterocycles. The number of amides is 1. The van der Waals surface area contributed by atoms with E-state index >= 15 is 0 Å². The van der Waals surface area contributed by atoms with Gasteiger partial charge in [0.2, 0.25) is 0 Å². The second kappa shape index (κ2) is 7.39. The van der Waals surface area contributed by atoms with Gasteiger partial charge in [-0.1, -0.05) is 13.8 Å². The molecule has 0 unspecified atom stereocenters. The number of hydrogen-bond donors (Lipinski definition) is 2. The number of ether oxygens (including phenoxy) is 1. The average Bonchev–Trinajstić information content (AvgIpc) is 1.82. The summed E-state index contributed by atoms with van der Waals surface area (Å²) in [6, 6.07) is 0. The molecule has 0 aliphatic heterocycles. The second-order valence-corrected chi connectivity index (χ2v) is 3.38. The Morgan fingerprint density at radius 1 is 1.64 bits per heavy atom. The molecular weight excluding hydrogens is 194 g/mol. The van der Waals surface area contributed by atoms with Gasteiger partial charge in [0.25, 0.3) is 0 Å². The molecule has 0 bridgehead atoms. The Bertz CT molecular complexity index is 129. The summed E-state index contributed by atoms with van der Waals surface area (Å²) < 4.78 is 5.51. The normalized spacial score (nSPS) is 8.82. The van der Waals surface area contributed by atoms with E-state index in [2.05, 4.69) is 25.6 Å². The molecule has 0 radical (unpaired) electrons. The Morgan fingerprint density at radius 2 is 2.09 bits per heavy atom. The Morgan fingerprint density at radius 3 is 2.36 bits per heavy atom. The first-order valence-corrected chi connectivity index (χ1v) is 3.68. The Labute approximate surface area is 97.1 Å². The van der Waals surface area contributed by atoms with Crippen LogP contribution in [0.4, 0.5) is 4.79 Å². The van der Waals surface area contributed by atoms with E-state index in [1.54, 1.807) is 0 Å². The molecule has 6 heteroatoms. The van der Waals surface area contributed by atoms with E-state index in [0.717, 1.165) is 3.71 Å². The van der Waals surface area contributed by atoms with Crippen molar-refractivity contribution in [2.24, 2.45) is 5.92 Å². The number of carbonyl (C=O) groups excluding carboxylic acids is 1. The minimum Gasteiger partial charge on any atom is -1.00 e. The van der Waals surface area contributed by atoms with E-state index in [0.29, 0.717) is 12.5 Å². The van der Waals surface area contributed by atoms with Crippen LogP contribution in [0, 0.1) is 5.92 Å². The fourth-order valence-electron chi connectivity index (χ4n) is 0.296. The molecule has 1 amide bonds. The van der Waals surface area contributed by atoms with E-state index in [1.807, 2.05) is 13.8 Å². The van der Waals surface area contributed by atoms with Crippen molar-refractivity contribution in [1.82, 2.24) is 3.71 Å². The summed E-state index contributed by atoms with van der Waals surface area (Å²) in [5.41, 5.74) is 0. The van der Waals surface area contributed by atoms with Crippen LogP contribution in [-0.2, 0) is 4.74 Å². The zero-order valence-corrected chi connectivity index (χ0v) is 9.85. The maximum absolute atomic E-state index is 10.6. The molecule has 0 aromatic rings. The molecular formula is C5H13MgNO2S2. The van der Waals surface area contributed by atoms with Crippen LogP contribution < -0.4 is 0 Å². The van der Waals surface area contributed by atoms with Crippen molar-refractivity contribution in [2.45, 2.75) is 13.8 Å². The van der Waals surface area contributed by atoms with Gasteiger partial charge in [0.05, 0.1) is 6.61 Å². The van der Waals surface area contributed by atoms with Gasteiger partial charge in [-0.2, -0.15) is 3.71 Å². The predicted molar refractivity (Wildman–Crippen MR) is 54.0 cm³/mol. The van der Waals surface area contributed by atoms with Crippen molar-refractivity contribution in [3.05, 3.63) is 0 Å². The predicted octanol–water partition coefficient (Wildman–Crippen LogP) is 1.61. The SMILES string of the molecule is CC(C)COC(=O)N(S)S.[H-].[H-].[Mg+2]. The molecule has 0 saturated heterocycles. The summed E-state index contributed by atoms with van der Waals surface area (Å²) in [4.78, 5) is 10.6. The fraction of sp³-hybridized carbons (Fsp3) is 0.800. The number of carbonyl (C=O) groups is 1.